The SMILES string of the molecule is Cl[Si](Cl)(O[Si](c1ccccc1)(c1ccccc1)c1ccccc1)O[Si](c1ccccc1)(c1ccccc1)c1ccccc1. The zero-order chi connectivity index (χ0) is 29.6. The molecule has 0 N–H and O–H groups in total. The summed E-state index contributed by atoms with van der Waals surface area (Å²) in [6.07, 6.45) is 0. The second-order valence-electron chi connectivity index (χ2n) is 10.2. The van der Waals surface area contributed by atoms with E-state index in [1.54, 1.807) is 0 Å². The molecular formula is C36H30Cl2O2Si3. The molecule has 6 aromatic carbocycles. The normalized spacial score (nSPS) is 12.1. The minimum Gasteiger partial charge on any atom is -0.402 e. The van der Waals surface area contributed by atoms with Gasteiger partial charge in [-0.3, -0.25) is 0 Å². The van der Waals surface area contributed by atoms with Crippen molar-refractivity contribution in [3.63, 3.8) is 0 Å². The molecule has 6 aromatic rings. The lowest BCUT2D eigenvalue weighted by Crippen LogP contribution is -2.76. The lowest BCUT2D eigenvalue weighted by Gasteiger charge is -2.41. The Labute approximate surface area is 266 Å². The van der Waals surface area contributed by atoms with Crippen LogP contribution in [0.4, 0.5) is 0 Å². The Morgan fingerprint density at radius 1 is 0.279 bits per heavy atom. The molecule has 43 heavy (non-hydrogen) atoms. The van der Waals surface area contributed by atoms with E-state index in [1.807, 2.05) is 109 Å². The molecule has 0 aliphatic carbocycles. The molecule has 0 spiro atoms. The van der Waals surface area contributed by atoms with Crippen LogP contribution in [-0.2, 0) is 8.23 Å². The number of hydrogen-bond donors (Lipinski definition) is 0. The Hall–Kier alpha value is -3.53. The van der Waals surface area contributed by atoms with Gasteiger partial charge in [0.05, 0.1) is 0 Å². The zero-order valence-corrected chi connectivity index (χ0v) is 27.9. The molecule has 0 aromatic heterocycles. The predicted molar refractivity (Wildman–Crippen MR) is 188 cm³/mol. The zero-order valence-electron chi connectivity index (χ0n) is 23.4. The van der Waals surface area contributed by atoms with Crippen LogP contribution in [0.15, 0.2) is 182 Å². The van der Waals surface area contributed by atoms with Gasteiger partial charge >= 0.3 is 7.18 Å². The molecule has 0 amide bonds. The molecule has 0 aliphatic heterocycles. The average molecular weight is 650 g/mol. The molecule has 7 heteroatoms. The average Bonchev–Trinajstić information content (AvgIpc) is 3.08. The van der Waals surface area contributed by atoms with Gasteiger partial charge in [-0.2, -0.15) is 0 Å². The highest BCUT2D eigenvalue weighted by Crippen LogP contribution is 2.28. The molecule has 0 fully saturated rings. The maximum Gasteiger partial charge on any atom is 0.532 e. The molecule has 2 nitrogen and oxygen atoms in total. The Bertz CT molecular complexity index is 1400. The van der Waals surface area contributed by atoms with Gasteiger partial charge in [-0.05, 0) is 31.1 Å². The van der Waals surface area contributed by atoms with Gasteiger partial charge in [-0.25, -0.2) is 0 Å². The Balaban J connectivity index is 1.58. The van der Waals surface area contributed by atoms with E-state index in [-0.39, 0.29) is 0 Å². The topological polar surface area (TPSA) is 18.5 Å². The van der Waals surface area contributed by atoms with Crippen LogP contribution in [0.1, 0.15) is 0 Å². The van der Waals surface area contributed by atoms with Crippen molar-refractivity contribution in [2.75, 3.05) is 0 Å². The molecule has 212 valence electrons. The van der Waals surface area contributed by atoms with E-state index in [0.717, 1.165) is 31.1 Å². The van der Waals surface area contributed by atoms with Crippen molar-refractivity contribution < 1.29 is 8.23 Å². The van der Waals surface area contributed by atoms with Gasteiger partial charge in [-0.1, -0.05) is 204 Å². The van der Waals surface area contributed by atoms with Crippen molar-refractivity contribution in [1.29, 1.82) is 0 Å². The summed E-state index contributed by atoms with van der Waals surface area (Å²) in [5.74, 6) is 0. The highest BCUT2D eigenvalue weighted by Gasteiger charge is 2.56. The monoisotopic (exact) mass is 648 g/mol. The number of halogens is 2. The van der Waals surface area contributed by atoms with E-state index >= 15 is 0 Å². The molecule has 0 saturated heterocycles. The Morgan fingerprint density at radius 2 is 0.442 bits per heavy atom. The molecule has 6 rings (SSSR count). The van der Waals surface area contributed by atoms with Crippen LogP contribution >= 0.6 is 22.2 Å². The summed E-state index contributed by atoms with van der Waals surface area (Å²) in [6, 6.07) is 61.9. The smallest absolute Gasteiger partial charge is 0.402 e. The molecular weight excluding hydrogens is 620 g/mol. The van der Waals surface area contributed by atoms with Crippen LogP contribution in [-0.4, -0.2) is 23.8 Å². The van der Waals surface area contributed by atoms with E-state index in [4.69, 9.17) is 30.4 Å². The fraction of sp³-hybridized carbons (Fsp3) is 0. The summed E-state index contributed by atoms with van der Waals surface area (Å²) in [5, 5.41) is 6.25. The first-order chi connectivity index (χ1) is 21.0. The van der Waals surface area contributed by atoms with Crippen LogP contribution in [0.25, 0.3) is 0 Å². The fourth-order valence-corrected chi connectivity index (χ4v) is 22.1. The van der Waals surface area contributed by atoms with Gasteiger partial charge < -0.3 is 8.23 Å². The maximum absolute atomic E-state index is 7.53. The first kappa shape index (κ1) is 29.5. The Kier molecular flexibility index (Phi) is 8.93. The van der Waals surface area contributed by atoms with Crippen LogP contribution in [0, 0.1) is 0 Å². The van der Waals surface area contributed by atoms with Crippen molar-refractivity contribution in [2.45, 2.75) is 0 Å². The molecule has 0 atom stereocenters. The van der Waals surface area contributed by atoms with Crippen molar-refractivity contribution in [2.24, 2.45) is 0 Å². The summed E-state index contributed by atoms with van der Waals surface area (Å²) in [5.41, 5.74) is 0. The Morgan fingerprint density at radius 3 is 0.605 bits per heavy atom. The largest absolute Gasteiger partial charge is 0.532 e. The van der Waals surface area contributed by atoms with Crippen molar-refractivity contribution in [3.8, 4) is 0 Å². The van der Waals surface area contributed by atoms with Crippen LogP contribution in [0.3, 0.4) is 0 Å². The standard InChI is InChI=1S/C36H30Cl2O2Si3/c37-43(38,39-41(31-19-7-1-8-20-31,32-21-9-2-10-22-32)33-23-11-3-12-24-33)40-42(34-25-13-4-14-26-34,35-27-15-5-16-28-35)36-29-17-6-18-30-36/h1-30H. The third-order valence-corrected chi connectivity index (χ3v) is 21.6. The summed E-state index contributed by atoms with van der Waals surface area (Å²) >= 11 is 15.1. The van der Waals surface area contributed by atoms with E-state index in [0.29, 0.717) is 0 Å². The van der Waals surface area contributed by atoms with E-state index in [2.05, 4.69) is 72.8 Å². The third-order valence-electron chi connectivity index (χ3n) is 7.63. The summed E-state index contributed by atoms with van der Waals surface area (Å²) in [7, 11) is -10.5. The molecule has 0 saturated carbocycles. The van der Waals surface area contributed by atoms with Gasteiger partial charge in [0.1, 0.15) is 0 Å². The van der Waals surface area contributed by atoms with Crippen molar-refractivity contribution >= 4 is 77.1 Å². The van der Waals surface area contributed by atoms with Crippen LogP contribution < -0.4 is 31.1 Å². The molecule has 0 radical (unpaired) electrons. The van der Waals surface area contributed by atoms with Gasteiger partial charge in [0.2, 0.25) is 0 Å². The van der Waals surface area contributed by atoms with Gasteiger partial charge in [0.25, 0.3) is 16.6 Å². The number of hydrogen-bond acceptors (Lipinski definition) is 2. The highest BCUT2D eigenvalue weighted by molar-refractivity contribution is 7.44. The molecule has 0 bridgehead atoms. The van der Waals surface area contributed by atoms with Crippen LogP contribution in [0.2, 0.25) is 0 Å². The molecule has 0 heterocycles. The van der Waals surface area contributed by atoms with Crippen LogP contribution in [0.5, 0.6) is 0 Å². The summed E-state index contributed by atoms with van der Waals surface area (Å²) < 4.78 is 14.6. The first-order valence-electron chi connectivity index (χ1n) is 14.2. The predicted octanol–water partition coefficient (Wildman–Crippen LogP) is 5.27. The first-order valence-corrected chi connectivity index (χ1v) is 21.8. The second kappa shape index (κ2) is 13.0. The quantitative estimate of drug-likeness (QED) is 0.115. The third kappa shape index (κ3) is 5.98. The summed E-state index contributed by atoms with van der Waals surface area (Å²) in [6.45, 7) is 0. The van der Waals surface area contributed by atoms with Gasteiger partial charge in [0, 0.05) is 0 Å². The van der Waals surface area contributed by atoms with Gasteiger partial charge in [-0.15, -0.1) is 0 Å². The van der Waals surface area contributed by atoms with E-state index in [1.165, 1.54) is 0 Å². The summed E-state index contributed by atoms with van der Waals surface area (Å²) in [4.78, 5) is 0. The van der Waals surface area contributed by atoms with Gasteiger partial charge in [0.15, 0.2) is 0 Å². The minimum atomic E-state index is -4.00. The number of benzene rings is 6. The van der Waals surface area contributed by atoms with E-state index in [9.17, 15) is 0 Å². The lowest BCUT2D eigenvalue weighted by molar-refractivity contribution is 0.450. The molecule has 0 aliphatic rings. The highest BCUT2D eigenvalue weighted by atomic mass is 35.7. The van der Waals surface area contributed by atoms with Crippen molar-refractivity contribution in [3.05, 3.63) is 182 Å². The van der Waals surface area contributed by atoms with Crippen molar-refractivity contribution in [1.82, 2.24) is 0 Å². The number of rotatable bonds is 10. The lowest BCUT2D eigenvalue weighted by atomic mass is 10.3. The fourth-order valence-electron chi connectivity index (χ4n) is 5.77. The maximum atomic E-state index is 7.53. The van der Waals surface area contributed by atoms with E-state index < -0.39 is 23.8 Å². The second-order valence-corrected chi connectivity index (χ2v) is 22.5. The molecule has 0 unspecified atom stereocenters. The minimum absolute atomic E-state index is 1.04.